The minimum atomic E-state index is -0.594. The van der Waals surface area contributed by atoms with Gasteiger partial charge in [0.25, 0.3) is 5.56 Å². The van der Waals surface area contributed by atoms with Crippen LogP contribution in [0.5, 0.6) is 0 Å². The van der Waals surface area contributed by atoms with Gasteiger partial charge in [-0.25, -0.2) is 4.79 Å². The largest absolute Gasteiger partial charge is 0.453 e. The number of H-pyrrole nitrogens is 1. The highest BCUT2D eigenvalue weighted by Gasteiger charge is 2.22. The summed E-state index contributed by atoms with van der Waals surface area (Å²) in [5.74, 6) is 0.0218. The number of nitrogens with zero attached hydrogens (tertiary/aromatic N) is 4. The van der Waals surface area contributed by atoms with E-state index in [1.165, 1.54) is 11.5 Å². The van der Waals surface area contributed by atoms with Gasteiger partial charge in [0.15, 0.2) is 18.2 Å². The number of benzene rings is 1. The Morgan fingerprint density at radius 3 is 2.59 bits per heavy atom. The van der Waals surface area contributed by atoms with Crippen molar-refractivity contribution in [3.8, 4) is 0 Å². The summed E-state index contributed by atoms with van der Waals surface area (Å²) in [5, 5.41) is 8.68. The summed E-state index contributed by atoms with van der Waals surface area (Å²) in [6.45, 7) is 4.75. The van der Waals surface area contributed by atoms with E-state index < -0.39 is 5.97 Å². The number of fused-ring (bicyclic) bond motifs is 3. The summed E-state index contributed by atoms with van der Waals surface area (Å²) in [7, 11) is 1.61. The van der Waals surface area contributed by atoms with Crippen LogP contribution in [0.4, 0.5) is 0 Å². The van der Waals surface area contributed by atoms with E-state index in [9.17, 15) is 14.4 Å². The van der Waals surface area contributed by atoms with Crippen molar-refractivity contribution < 1.29 is 14.3 Å². The first-order valence-electron chi connectivity index (χ1n) is 9.00. The van der Waals surface area contributed by atoms with Crippen LogP contribution in [0.2, 0.25) is 0 Å². The number of ketones is 1. The Labute approximate surface area is 164 Å². The fourth-order valence-corrected chi connectivity index (χ4v) is 3.67. The van der Waals surface area contributed by atoms with E-state index in [1.807, 2.05) is 6.07 Å². The summed E-state index contributed by atoms with van der Waals surface area (Å²) in [6, 6.07) is 7.10. The molecule has 29 heavy (non-hydrogen) atoms. The van der Waals surface area contributed by atoms with Crippen LogP contribution in [0, 0.1) is 13.8 Å². The Balaban J connectivity index is 1.71. The molecule has 3 aromatic heterocycles. The lowest BCUT2D eigenvalue weighted by Crippen LogP contribution is -2.20. The number of rotatable bonds is 4. The third-order valence-corrected chi connectivity index (χ3v) is 5.02. The molecule has 0 bridgehead atoms. The standard InChI is InChI=1S/C20H19N5O4/c1-10-16(12(3)26)11(2)21-17(10)19(28)29-9-15-22-23-20-24(4)18(27)13-7-5-6-8-14(13)25(15)20/h5-8,21H,9H2,1-4H3. The number of aryl methyl sites for hydroxylation is 2. The monoisotopic (exact) mass is 393 g/mol. The lowest BCUT2D eigenvalue weighted by molar-refractivity contribution is 0.0454. The summed E-state index contributed by atoms with van der Waals surface area (Å²) >= 11 is 0. The van der Waals surface area contributed by atoms with Crippen molar-refractivity contribution in [2.24, 2.45) is 7.05 Å². The first-order chi connectivity index (χ1) is 13.8. The van der Waals surface area contributed by atoms with Crippen LogP contribution >= 0.6 is 0 Å². The highest BCUT2D eigenvalue weighted by atomic mass is 16.5. The average molecular weight is 393 g/mol. The Bertz CT molecular complexity index is 1360. The molecule has 0 amide bonds. The van der Waals surface area contributed by atoms with Gasteiger partial charge in [0.2, 0.25) is 5.78 Å². The maximum Gasteiger partial charge on any atom is 0.355 e. The first kappa shape index (κ1) is 18.6. The number of hydrogen-bond acceptors (Lipinski definition) is 6. The molecule has 4 rings (SSSR count). The molecule has 1 N–H and O–H groups in total. The molecule has 4 aromatic rings. The van der Waals surface area contributed by atoms with Gasteiger partial charge in [-0.15, -0.1) is 10.2 Å². The number of Topliss-reactive ketones (excluding diaryl/α,β-unsaturated/α-hetero) is 1. The zero-order valence-electron chi connectivity index (χ0n) is 16.4. The average Bonchev–Trinajstić information content (AvgIpc) is 3.25. The minimum Gasteiger partial charge on any atom is -0.453 e. The SMILES string of the molecule is CC(=O)c1c(C)[nH]c(C(=O)OCc2nnc3n(C)c(=O)c4ccccc4n23)c1C. The smallest absolute Gasteiger partial charge is 0.355 e. The van der Waals surface area contributed by atoms with Gasteiger partial charge in [-0.1, -0.05) is 12.1 Å². The molecule has 0 radical (unpaired) electrons. The van der Waals surface area contributed by atoms with Crippen LogP contribution in [0.1, 0.15) is 44.9 Å². The minimum absolute atomic E-state index is 0.119. The predicted octanol–water partition coefficient (Wildman–Crippen LogP) is 2.09. The van der Waals surface area contributed by atoms with Gasteiger partial charge in [0.05, 0.1) is 10.9 Å². The molecular weight excluding hydrogens is 374 g/mol. The molecule has 148 valence electrons. The lowest BCUT2D eigenvalue weighted by Gasteiger charge is -2.08. The van der Waals surface area contributed by atoms with E-state index in [0.29, 0.717) is 39.3 Å². The van der Waals surface area contributed by atoms with Crippen LogP contribution in [0.3, 0.4) is 0 Å². The van der Waals surface area contributed by atoms with Crippen molar-refractivity contribution in [3.05, 3.63) is 63.0 Å². The molecule has 0 spiro atoms. The van der Waals surface area contributed by atoms with Gasteiger partial charge in [-0.05, 0) is 38.5 Å². The van der Waals surface area contributed by atoms with Crippen molar-refractivity contribution in [2.45, 2.75) is 27.4 Å². The molecule has 0 unspecified atom stereocenters. The molecule has 1 aromatic carbocycles. The fourth-order valence-electron chi connectivity index (χ4n) is 3.67. The molecule has 9 nitrogen and oxygen atoms in total. The van der Waals surface area contributed by atoms with E-state index in [0.717, 1.165) is 0 Å². The number of carbonyl (C=O) groups is 2. The summed E-state index contributed by atoms with van der Waals surface area (Å²) in [4.78, 5) is 39.8. The number of aromatic nitrogens is 5. The van der Waals surface area contributed by atoms with Gasteiger partial charge in [-0.2, -0.15) is 0 Å². The quantitative estimate of drug-likeness (QED) is 0.420. The number of para-hydroxylation sites is 1. The first-order valence-corrected chi connectivity index (χ1v) is 9.00. The molecule has 0 atom stereocenters. The number of esters is 1. The highest BCUT2D eigenvalue weighted by Crippen LogP contribution is 2.20. The van der Waals surface area contributed by atoms with E-state index in [-0.39, 0.29) is 23.6 Å². The lowest BCUT2D eigenvalue weighted by atomic mass is 10.1. The van der Waals surface area contributed by atoms with Gasteiger partial charge in [0.1, 0.15) is 5.69 Å². The Kier molecular flexibility index (Phi) is 4.30. The van der Waals surface area contributed by atoms with E-state index in [1.54, 1.807) is 43.5 Å². The Morgan fingerprint density at radius 1 is 1.17 bits per heavy atom. The molecule has 0 saturated carbocycles. The van der Waals surface area contributed by atoms with Crippen molar-refractivity contribution >= 4 is 28.4 Å². The second-order valence-corrected chi connectivity index (χ2v) is 6.89. The zero-order chi connectivity index (χ0) is 20.9. The maximum absolute atomic E-state index is 12.6. The van der Waals surface area contributed by atoms with Gasteiger partial charge in [0, 0.05) is 18.3 Å². The highest BCUT2D eigenvalue weighted by molar-refractivity contribution is 6.01. The van der Waals surface area contributed by atoms with E-state index >= 15 is 0 Å². The van der Waals surface area contributed by atoms with Gasteiger partial charge < -0.3 is 9.72 Å². The third kappa shape index (κ3) is 2.82. The van der Waals surface area contributed by atoms with E-state index in [4.69, 9.17) is 4.74 Å². The van der Waals surface area contributed by atoms with Crippen molar-refractivity contribution in [3.63, 3.8) is 0 Å². The second-order valence-electron chi connectivity index (χ2n) is 6.89. The maximum atomic E-state index is 12.6. The molecule has 0 aliphatic rings. The summed E-state index contributed by atoms with van der Waals surface area (Å²) < 4.78 is 8.53. The fraction of sp³-hybridized carbons (Fsp3) is 0.250. The number of ether oxygens (including phenoxy) is 1. The molecule has 0 aliphatic carbocycles. The Hall–Kier alpha value is -3.75. The molecule has 3 heterocycles. The number of aromatic amines is 1. The van der Waals surface area contributed by atoms with Crippen molar-refractivity contribution in [1.29, 1.82) is 0 Å². The second kappa shape index (κ2) is 6.69. The predicted molar refractivity (Wildman–Crippen MR) is 105 cm³/mol. The normalized spacial score (nSPS) is 11.3. The van der Waals surface area contributed by atoms with Crippen molar-refractivity contribution in [2.75, 3.05) is 0 Å². The van der Waals surface area contributed by atoms with Crippen molar-refractivity contribution in [1.82, 2.24) is 24.1 Å². The topological polar surface area (TPSA) is 111 Å². The number of carbonyl (C=O) groups excluding carboxylic acids is 2. The molecule has 9 heteroatoms. The van der Waals surface area contributed by atoms with Crippen LogP contribution < -0.4 is 5.56 Å². The van der Waals surface area contributed by atoms with Crippen LogP contribution in [-0.4, -0.2) is 35.9 Å². The van der Waals surface area contributed by atoms with Gasteiger partial charge in [-0.3, -0.25) is 18.6 Å². The molecule has 0 saturated heterocycles. The Morgan fingerprint density at radius 2 is 1.90 bits per heavy atom. The number of hydrogen-bond donors (Lipinski definition) is 1. The summed E-state index contributed by atoms with van der Waals surface area (Å²) in [6.07, 6.45) is 0. The van der Waals surface area contributed by atoms with Crippen LogP contribution in [0.15, 0.2) is 29.1 Å². The van der Waals surface area contributed by atoms with E-state index in [2.05, 4.69) is 15.2 Å². The zero-order valence-corrected chi connectivity index (χ0v) is 16.4. The molecule has 0 fully saturated rings. The summed E-state index contributed by atoms with van der Waals surface area (Å²) in [5.41, 5.74) is 2.35. The van der Waals surface area contributed by atoms with Gasteiger partial charge >= 0.3 is 5.97 Å². The number of nitrogens with one attached hydrogen (secondary N) is 1. The van der Waals surface area contributed by atoms with Crippen LogP contribution in [0.25, 0.3) is 16.7 Å². The molecule has 0 aliphatic heterocycles. The van der Waals surface area contributed by atoms with Crippen LogP contribution in [-0.2, 0) is 18.4 Å². The third-order valence-electron chi connectivity index (χ3n) is 5.02. The molecular formula is C20H19N5O4.